The van der Waals surface area contributed by atoms with Crippen LogP contribution in [-0.2, 0) is 6.18 Å². The number of rotatable bonds is 4. The van der Waals surface area contributed by atoms with Crippen molar-refractivity contribution in [3.05, 3.63) is 82.0 Å². The second kappa shape index (κ2) is 8.43. The number of hydrogen-bond donors (Lipinski definition) is 2. The van der Waals surface area contributed by atoms with Gasteiger partial charge in [0, 0.05) is 22.2 Å². The van der Waals surface area contributed by atoms with Gasteiger partial charge >= 0.3 is 6.18 Å². The molecular weight excluding hydrogens is 437 g/mol. The van der Waals surface area contributed by atoms with E-state index < -0.39 is 17.6 Å². The van der Waals surface area contributed by atoms with Gasteiger partial charge in [0.1, 0.15) is 12.1 Å². The molecule has 0 aliphatic heterocycles. The number of nitrogens with one attached hydrogen (secondary N) is 1. The first kappa shape index (κ1) is 21.5. The molecule has 0 spiro atoms. The third-order valence-corrected chi connectivity index (χ3v) is 5.85. The van der Waals surface area contributed by atoms with E-state index in [0.717, 1.165) is 39.0 Å². The number of amides is 1. The molecule has 9 heteroatoms. The number of fused-ring (bicyclic) bond motifs is 1. The minimum Gasteiger partial charge on any atom is -0.382 e. The van der Waals surface area contributed by atoms with Crippen LogP contribution in [0, 0.1) is 6.92 Å². The predicted molar refractivity (Wildman–Crippen MR) is 121 cm³/mol. The Morgan fingerprint density at radius 3 is 2.66 bits per heavy atom. The number of aryl methyl sites for hydroxylation is 1. The average molecular weight is 454 g/mol. The number of thiophene rings is 1. The number of hydrogen-bond acceptors (Lipinski definition) is 5. The molecule has 4 aromatic rings. The number of anilines is 2. The van der Waals surface area contributed by atoms with Gasteiger partial charge in [-0.15, -0.1) is 11.3 Å². The van der Waals surface area contributed by atoms with Crippen LogP contribution < -0.4 is 11.1 Å². The third kappa shape index (κ3) is 4.47. The van der Waals surface area contributed by atoms with E-state index in [0.29, 0.717) is 11.5 Å². The molecular formula is C23H17F3N4OS. The highest BCUT2D eigenvalue weighted by Gasteiger charge is 2.30. The van der Waals surface area contributed by atoms with Gasteiger partial charge in [0.25, 0.3) is 5.91 Å². The number of halogens is 3. The maximum atomic E-state index is 12.9. The summed E-state index contributed by atoms with van der Waals surface area (Å²) < 4.78 is 39.6. The zero-order valence-corrected chi connectivity index (χ0v) is 17.6. The van der Waals surface area contributed by atoms with E-state index in [1.807, 2.05) is 30.5 Å². The fourth-order valence-corrected chi connectivity index (χ4v) is 4.01. The molecule has 0 unspecified atom stereocenters. The van der Waals surface area contributed by atoms with Gasteiger partial charge in [0.15, 0.2) is 0 Å². The van der Waals surface area contributed by atoms with Crippen molar-refractivity contribution in [3.63, 3.8) is 0 Å². The van der Waals surface area contributed by atoms with E-state index in [1.54, 1.807) is 12.1 Å². The maximum absolute atomic E-state index is 12.9. The van der Waals surface area contributed by atoms with Crippen molar-refractivity contribution in [2.24, 2.45) is 0 Å². The summed E-state index contributed by atoms with van der Waals surface area (Å²) in [5, 5.41) is 4.59. The van der Waals surface area contributed by atoms with Gasteiger partial charge in [-0.1, -0.05) is 24.3 Å². The second-order valence-electron chi connectivity index (χ2n) is 7.07. The van der Waals surface area contributed by atoms with Crippen molar-refractivity contribution in [2.75, 3.05) is 11.1 Å². The Balaban J connectivity index is 1.57. The summed E-state index contributed by atoms with van der Waals surface area (Å²) in [6.45, 7) is 1.92. The molecule has 0 saturated carbocycles. The van der Waals surface area contributed by atoms with Gasteiger partial charge in [-0.05, 0) is 48.4 Å². The van der Waals surface area contributed by atoms with Crippen LogP contribution in [0.2, 0.25) is 0 Å². The smallest absolute Gasteiger partial charge is 0.382 e. The lowest BCUT2D eigenvalue weighted by Gasteiger charge is -2.10. The lowest BCUT2D eigenvalue weighted by atomic mass is 10.1. The highest BCUT2D eigenvalue weighted by molar-refractivity contribution is 7.18. The summed E-state index contributed by atoms with van der Waals surface area (Å²) in [4.78, 5) is 20.8. The number of carbonyl (C=O) groups excluding carboxylic acids is 1. The molecule has 162 valence electrons. The van der Waals surface area contributed by atoms with Crippen molar-refractivity contribution < 1.29 is 18.0 Å². The summed E-state index contributed by atoms with van der Waals surface area (Å²) in [6.07, 6.45) is 0.678. The number of nitrogens with zero attached hydrogens (tertiary/aromatic N) is 2. The van der Waals surface area contributed by atoms with Gasteiger partial charge in [0.05, 0.1) is 15.8 Å². The number of aromatic nitrogens is 2. The molecule has 32 heavy (non-hydrogen) atoms. The van der Waals surface area contributed by atoms with E-state index in [-0.39, 0.29) is 5.56 Å². The van der Waals surface area contributed by atoms with Crippen molar-refractivity contribution in [1.29, 1.82) is 0 Å². The average Bonchev–Trinajstić information content (AvgIpc) is 3.18. The van der Waals surface area contributed by atoms with Gasteiger partial charge < -0.3 is 11.1 Å². The Labute approximate surface area is 185 Å². The lowest BCUT2D eigenvalue weighted by Crippen LogP contribution is -2.14. The summed E-state index contributed by atoms with van der Waals surface area (Å²) in [6, 6.07) is 9.60. The quantitative estimate of drug-likeness (QED) is 0.395. The predicted octanol–water partition coefficient (Wildman–Crippen LogP) is 6.02. The van der Waals surface area contributed by atoms with Crippen LogP contribution in [0.15, 0.2) is 54.2 Å². The van der Waals surface area contributed by atoms with Crippen molar-refractivity contribution in [3.8, 4) is 0 Å². The first-order valence-electron chi connectivity index (χ1n) is 9.47. The molecule has 0 bridgehead atoms. The normalized spacial score (nSPS) is 11.9. The van der Waals surface area contributed by atoms with Crippen molar-refractivity contribution >= 4 is 51.1 Å². The largest absolute Gasteiger partial charge is 0.416 e. The molecule has 2 heterocycles. The third-order valence-electron chi connectivity index (χ3n) is 4.84. The molecule has 0 saturated heterocycles. The van der Waals surface area contributed by atoms with E-state index in [1.165, 1.54) is 29.8 Å². The van der Waals surface area contributed by atoms with Crippen LogP contribution in [0.1, 0.15) is 32.6 Å². The van der Waals surface area contributed by atoms with Crippen LogP contribution in [0.4, 0.5) is 24.7 Å². The monoisotopic (exact) mass is 454 g/mol. The molecule has 5 nitrogen and oxygen atoms in total. The lowest BCUT2D eigenvalue weighted by molar-refractivity contribution is -0.137. The summed E-state index contributed by atoms with van der Waals surface area (Å²) >= 11 is 1.45. The van der Waals surface area contributed by atoms with Crippen LogP contribution in [0.5, 0.6) is 0 Å². The van der Waals surface area contributed by atoms with E-state index in [9.17, 15) is 18.0 Å². The van der Waals surface area contributed by atoms with Crippen LogP contribution in [-0.4, -0.2) is 15.9 Å². The topological polar surface area (TPSA) is 80.9 Å². The molecule has 2 aromatic heterocycles. The summed E-state index contributed by atoms with van der Waals surface area (Å²) in [5.41, 5.74) is 8.86. The van der Waals surface area contributed by atoms with E-state index >= 15 is 0 Å². The van der Waals surface area contributed by atoms with Crippen LogP contribution >= 0.6 is 11.3 Å². The van der Waals surface area contributed by atoms with Gasteiger partial charge in [-0.2, -0.15) is 13.2 Å². The molecule has 0 atom stereocenters. The molecule has 0 radical (unpaired) electrons. The molecule has 2 aromatic carbocycles. The summed E-state index contributed by atoms with van der Waals surface area (Å²) in [7, 11) is 0. The first-order valence-corrected chi connectivity index (χ1v) is 10.4. The SMILES string of the molecule is Cc1ccc(NC(=O)c2cccc(C(F)(F)F)c2)cc1/C=C/c1csc2c(N)ncnc12. The number of alkyl halides is 3. The first-order chi connectivity index (χ1) is 15.2. The fraction of sp³-hybridized carbons (Fsp3) is 0.0870. The summed E-state index contributed by atoms with van der Waals surface area (Å²) in [5.74, 6) is -0.194. The zero-order chi connectivity index (χ0) is 22.9. The number of benzene rings is 2. The van der Waals surface area contributed by atoms with Crippen LogP contribution in [0.3, 0.4) is 0 Å². The Morgan fingerprint density at radius 2 is 1.88 bits per heavy atom. The van der Waals surface area contributed by atoms with Gasteiger partial charge in [-0.3, -0.25) is 4.79 Å². The standard InChI is InChI=1S/C23H17F3N4OS/c1-13-5-8-18(30-22(31)15-3-2-4-17(9-15)23(24,25)26)10-14(13)6-7-16-11-32-20-19(16)28-12-29-21(20)27/h2-12H,1H3,(H,30,31)(H2,27,28,29)/b7-6+. The highest BCUT2D eigenvalue weighted by atomic mass is 32.1. The minimum absolute atomic E-state index is 0.0699. The van der Waals surface area contributed by atoms with Gasteiger partial charge in [-0.25, -0.2) is 9.97 Å². The fourth-order valence-electron chi connectivity index (χ4n) is 3.12. The minimum atomic E-state index is -4.51. The van der Waals surface area contributed by atoms with E-state index in [2.05, 4.69) is 15.3 Å². The zero-order valence-electron chi connectivity index (χ0n) is 16.8. The van der Waals surface area contributed by atoms with Gasteiger partial charge in [0.2, 0.25) is 0 Å². The molecule has 0 aliphatic carbocycles. The van der Waals surface area contributed by atoms with Crippen molar-refractivity contribution in [2.45, 2.75) is 13.1 Å². The number of carbonyl (C=O) groups is 1. The van der Waals surface area contributed by atoms with Crippen LogP contribution in [0.25, 0.3) is 22.4 Å². The molecule has 1 amide bonds. The Hall–Kier alpha value is -3.72. The number of nitrogens with two attached hydrogens (primary N) is 1. The van der Waals surface area contributed by atoms with E-state index in [4.69, 9.17) is 5.73 Å². The number of nitrogen functional groups attached to an aromatic ring is 1. The Bertz CT molecular complexity index is 1340. The second-order valence-corrected chi connectivity index (χ2v) is 7.94. The molecule has 4 rings (SSSR count). The molecule has 0 fully saturated rings. The Kier molecular flexibility index (Phi) is 5.67. The Morgan fingerprint density at radius 1 is 1.09 bits per heavy atom. The molecule has 0 aliphatic rings. The molecule has 3 N–H and O–H groups in total. The van der Waals surface area contributed by atoms with Crippen molar-refractivity contribution in [1.82, 2.24) is 9.97 Å². The maximum Gasteiger partial charge on any atom is 0.416 e. The highest BCUT2D eigenvalue weighted by Crippen LogP contribution is 2.30.